The highest BCUT2D eigenvalue weighted by atomic mass is 15.3. The molecule has 0 bridgehead atoms. The number of piperidine rings is 1. The summed E-state index contributed by atoms with van der Waals surface area (Å²) in [6.07, 6.45) is 10.5. The van der Waals surface area contributed by atoms with Crippen LogP contribution in [0.5, 0.6) is 0 Å². The SMILES string of the molecule is CC(C)C1CCN(C2CCC2)C2(CC2)C1. The summed E-state index contributed by atoms with van der Waals surface area (Å²) in [7, 11) is 0. The number of likely N-dealkylation sites (tertiary alicyclic amines) is 1. The van der Waals surface area contributed by atoms with Crippen molar-refractivity contribution in [2.45, 2.75) is 70.4 Å². The Morgan fingerprint density at radius 2 is 1.87 bits per heavy atom. The highest BCUT2D eigenvalue weighted by molar-refractivity contribution is 5.10. The summed E-state index contributed by atoms with van der Waals surface area (Å²) in [5.74, 6) is 1.93. The molecule has 1 heteroatoms. The first-order chi connectivity index (χ1) is 7.21. The van der Waals surface area contributed by atoms with Crippen molar-refractivity contribution in [3.8, 4) is 0 Å². The highest BCUT2D eigenvalue weighted by Gasteiger charge is 2.53. The Hall–Kier alpha value is -0.0400. The molecule has 0 amide bonds. The fraction of sp³-hybridized carbons (Fsp3) is 1.00. The topological polar surface area (TPSA) is 3.24 Å². The minimum Gasteiger partial charge on any atom is -0.295 e. The zero-order valence-electron chi connectivity index (χ0n) is 10.3. The van der Waals surface area contributed by atoms with Gasteiger partial charge >= 0.3 is 0 Å². The van der Waals surface area contributed by atoms with Crippen LogP contribution >= 0.6 is 0 Å². The van der Waals surface area contributed by atoms with Gasteiger partial charge in [0.05, 0.1) is 0 Å². The minimum atomic E-state index is 0.707. The molecule has 0 radical (unpaired) electrons. The number of hydrogen-bond acceptors (Lipinski definition) is 1. The van der Waals surface area contributed by atoms with Gasteiger partial charge < -0.3 is 0 Å². The van der Waals surface area contributed by atoms with E-state index in [-0.39, 0.29) is 0 Å². The zero-order chi connectivity index (χ0) is 10.5. The largest absolute Gasteiger partial charge is 0.295 e. The van der Waals surface area contributed by atoms with Gasteiger partial charge in [-0.2, -0.15) is 0 Å². The van der Waals surface area contributed by atoms with Crippen LogP contribution in [0.3, 0.4) is 0 Å². The monoisotopic (exact) mass is 207 g/mol. The van der Waals surface area contributed by atoms with E-state index in [4.69, 9.17) is 0 Å². The molecule has 1 spiro atoms. The van der Waals surface area contributed by atoms with Gasteiger partial charge in [0.2, 0.25) is 0 Å². The van der Waals surface area contributed by atoms with Crippen molar-refractivity contribution in [1.82, 2.24) is 4.90 Å². The van der Waals surface area contributed by atoms with Gasteiger partial charge in [-0.1, -0.05) is 20.3 Å². The maximum Gasteiger partial charge on any atom is 0.0216 e. The van der Waals surface area contributed by atoms with Gasteiger partial charge in [-0.25, -0.2) is 0 Å². The summed E-state index contributed by atoms with van der Waals surface area (Å²) in [4.78, 5) is 2.91. The van der Waals surface area contributed by atoms with E-state index in [0.29, 0.717) is 5.54 Å². The van der Waals surface area contributed by atoms with Gasteiger partial charge in [-0.3, -0.25) is 4.90 Å². The number of rotatable bonds is 2. The molecular formula is C14H25N. The van der Waals surface area contributed by atoms with E-state index in [9.17, 15) is 0 Å². The molecule has 0 aromatic carbocycles. The summed E-state index contributed by atoms with van der Waals surface area (Å²) in [5.41, 5.74) is 0.707. The first-order valence-corrected chi connectivity index (χ1v) is 6.98. The molecule has 0 aromatic heterocycles. The summed E-state index contributed by atoms with van der Waals surface area (Å²) in [5, 5.41) is 0. The Bertz CT molecular complexity index is 238. The Morgan fingerprint density at radius 3 is 2.33 bits per heavy atom. The van der Waals surface area contributed by atoms with Crippen LogP contribution in [0.25, 0.3) is 0 Å². The predicted molar refractivity (Wildman–Crippen MR) is 63.9 cm³/mol. The molecular weight excluding hydrogens is 182 g/mol. The maximum absolute atomic E-state index is 2.91. The lowest BCUT2D eigenvalue weighted by molar-refractivity contribution is 0.00808. The third-order valence-corrected chi connectivity index (χ3v) is 5.28. The quantitative estimate of drug-likeness (QED) is 0.670. The number of hydrogen-bond donors (Lipinski definition) is 0. The maximum atomic E-state index is 2.91. The second-order valence-electron chi connectivity index (χ2n) is 6.50. The summed E-state index contributed by atoms with van der Waals surface area (Å²) >= 11 is 0. The summed E-state index contributed by atoms with van der Waals surface area (Å²) < 4.78 is 0. The van der Waals surface area contributed by atoms with Crippen LogP contribution < -0.4 is 0 Å². The van der Waals surface area contributed by atoms with Crippen molar-refractivity contribution >= 4 is 0 Å². The van der Waals surface area contributed by atoms with Crippen LogP contribution in [0, 0.1) is 11.8 Å². The lowest BCUT2D eigenvalue weighted by Crippen LogP contribution is -2.53. The smallest absolute Gasteiger partial charge is 0.0216 e. The van der Waals surface area contributed by atoms with Gasteiger partial charge in [0.25, 0.3) is 0 Å². The molecule has 1 unspecified atom stereocenters. The second kappa shape index (κ2) is 3.48. The van der Waals surface area contributed by atoms with E-state index in [0.717, 1.165) is 17.9 Å². The van der Waals surface area contributed by atoms with E-state index in [2.05, 4.69) is 18.7 Å². The fourth-order valence-electron chi connectivity index (χ4n) is 3.72. The molecule has 2 saturated carbocycles. The van der Waals surface area contributed by atoms with Gasteiger partial charge in [0.15, 0.2) is 0 Å². The van der Waals surface area contributed by atoms with E-state index in [1.165, 1.54) is 51.5 Å². The average molecular weight is 207 g/mol. The number of nitrogens with zero attached hydrogens (tertiary/aromatic N) is 1. The summed E-state index contributed by atoms with van der Waals surface area (Å²) in [6.45, 7) is 6.24. The molecule has 0 N–H and O–H groups in total. The van der Waals surface area contributed by atoms with Crippen molar-refractivity contribution in [3.63, 3.8) is 0 Å². The van der Waals surface area contributed by atoms with Gasteiger partial charge in [-0.15, -0.1) is 0 Å². The third kappa shape index (κ3) is 1.63. The highest BCUT2D eigenvalue weighted by Crippen LogP contribution is 2.53. The van der Waals surface area contributed by atoms with Crippen LogP contribution in [0.15, 0.2) is 0 Å². The zero-order valence-corrected chi connectivity index (χ0v) is 10.3. The Balaban J connectivity index is 1.68. The molecule has 1 saturated heterocycles. The average Bonchev–Trinajstić information content (AvgIpc) is 2.86. The molecule has 3 aliphatic rings. The molecule has 1 aliphatic heterocycles. The van der Waals surface area contributed by atoms with E-state index in [1.54, 1.807) is 0 Å². The van der Waals surface area contributed by atoms with Gasteiger partial charge in [0.1, 0.15) is 0 Å². The van der Waals surface area contributed by atoms with E-state index >= 15 is 0 Å². The first kappa shape index (κ1) is 10.1. The Labute approximate surface area is 94.2 Å². The van der Waals surface area contributed by atoms with Gasteiger partial charge in [-0.05, 0) is 56.9 Å². The lowest BCUT2D eigenvalue weighted by Gasteiger charge is -2.48. The molecule has 86 valence electrons. The molecule has 3 rings (SSSR count). The second-order valence-corrected chi connectivity index (χ2v) is 6.50. The van der Waals surface area contributed by atoms with Crippen LogP contribution in [0.4, 0.5) is 0 Å². The van der Waals surface area contributed by atoms with E-state index < -0.39 is 0 Å². The molecule has 1 atom stereocenters. The van der Waals surface area contributed by atoms with Crippen molar-refractivity contribution < 1.29 is 0 Å². The minimum absolute atomic E-state index is 0.707. The predicted octanol–water partition coefficient (Wildman–Crippen LogP) is 3.44. The molecule has 2 aliphatic carbocycles. The molecule has 1 nitrogen and oxygen atoms in total. The Kier molecular flexibility index (Phi) is 2.35. The van der Waals surface area contributed by atoms with Crippen molar-refractivity contribution in [2.75, 3.05) is 6.54 Å². The fourth-order valence-corrected chi connectivity index (χ4v) is 3.72. The molecule has 15 heavy (non-hydrogen) atoms. The van der Waals surface area contributed by atoms with Crippen molar-refractivity contribution in [1.29, 1.82) is 0 Å². The first-order valence-electron chi connectivity index (χ1n) is 6.98. The molecule has 3 fully saturated rings. The van der Waals surface area contributed by atoms with Crippen molar-refractivity contribution in [2.24, 2.45) is 11.8 Å². The van der Waals surface area contributed by atoms with E-state index in [1.807, 2.05) is 0 Å². The normalized spacial score (nSPS) is 35.8. The standard InChI is InChI=1S/C14H25N/c1-11(2)12-6-9-15(13-4-3-5-13)14(10-12)7-8-14/h11-13H,3-10H2,1-2H3. The Morgan fingerprint density at radius 1 is 1.13 bits per heavy atom. The third-order valence-electron chi connectivity index (χ3n) is 5.28. The van der Waals surface area contributed by atoms with Gasteiger partial charge in [0, 0.05) is 11.6 Å². The summed E-state index contributed by atoms with van der Waals surface area (Å²) in [6, 6.07) is 0.987. The van der Waals surface area contributed by atoms with Crippen LogP contribution in [0.1, 0.15) is 58.8 Å². The van der Waals surface area contributed by atoms with Crippen LogP contribution in [-0.2, 0) is 0 Å². The van der Waals surface area contributed by atoms with Crippen molar-refractivity contribution in [3.05, 3.63) is 0 Å². The lowest BCUT2D eigenvalue weighted by atomic mass is 9.79. The van der Waals surface area contributed by atoms with Crippen LogP contribution in [0.2, 0.25) is 0 Å². The molecule has 0 aromatic rings. The molecule has 1 heterocycles. The van der Waals surface area contributed by atoms with Crippen LogP contribution in [-0.4, -0.2) is 23.0 Å².